The molecular formula is C11H24OSi. The molecule has 78 valence electrons. The third kappa shape index (κ3) is 3.43. The van der Waals surface area contributed by atoms with Crippen molar-refractivity contribution in [3.63, 3.8) is 0 Å². The average Bonchev–Trinajstić information content (AvgIpc) is 2.03. The van der Waals surface area contributed by atoms with Crippen LogP contribution in [0, 0.1) is 5.41 Å². The van der Waals surface area contributed by atoms with Gasteiger partial charge in [0, 0.05) is 14.7 Å². The first-order chi connectivity index (χ1) is 5.97. The molecule has 0 aliphatic heterocycles. The van der Waals surface area contributed by atoms with E-state index in [0.29, 0.717) is 12.0 Å². The highest BCUT2D eigenvalue weighted by Crippen LogP contribution is 2.42. The van der Waals surface area contributed by atoms with Crippen molar-refractivity contribution in [3.05, 3.63) is 0 Å². The van der Waals surface area contributed by atoms with Gasteiger partial charge in [0.1, 0.15) is 0 Å². The van der Waals surface area contributed by atoms with Gasteiger partial charge >= 0.3 is 0 Å². The van der Waals surface area contributed by atoms with Gasteiger partial charge in [0.2, 0.25) is 0 Å². The summed E-state index contributed by atoms with van der Waals surface area (Å²) in [7, 11) is -0.998. The predicted octanol–water partition coefficient (Wildman–Crippen LogP) is 3.27. The molecule has 1 nitrogen and oxygen atoms in total. The van der Waals surface area contributed by atoms with E-state index in [4.69, 9.17) is 0 Å². The number of hydrogen-bond acceptors (Lipinski definition) is 1. The summed E-state index contributed by atoms with van der Waals surface area (Å²) in [6.07, 6.45) is 6.60. The Balaban J connectivity index is 2.57. The zero-order valence-corrected chi connectivity index (χ0v) is 10.4. The molecule has 0 saturated heterocycles. The molecule has 0 aromatic heterocycles. The van der Waals surface area contributed by atoms with E-state index in [2.05, 4.69) is 19.6 Å². The van der Waals surface area contributed by atoms with Crippen LogP contribution in [-0.4, -0.2) is 19.8 Å². The molecule has 13 heavy (non-hydrogen) atoms. The van der Waals surface area contributed by atoms with E-state index in [1.807, 2.05) is 0 Å². The van der Waals surface area contributed by atoms with Crippen molar-refractivity contribution in [1.29, 1.82) is 0 Å². The Morgan fingerprint density at radius 1 is 1.08 bits per heavy atom. The minimum atomic E-state index is -0.998. The standard InChI is InChI=1S/C11H24OSi/c1-13(2,3)10-11(9-12)7-5-4-6-8-11/h12H,4-10H2,1-3H3. The molecule has 0 amide bonds. The molecule has 1 fully saturated rings. The third-order valence-corrected chi connectivity index (χ3v) is 4.97. The zero-order valence-electron chi connectivity index (χ0n) is 9.40. The predicted molar refractivity (Wildman–Crippen MR) is 60.8 cm³/mol. The van der Waals surface area contributed by atoms with Crippen LogP contribution in [0.1, 0.15) is 32.1 Å². The summed E-state index contributed by atoms with van der Waals surface area (Å²) in [5.41, 5.74) is 0.322. The summed E-state index contributed by atoms with van der Waals surface area (Å²) in [5, 5.41) is 9.53. The second-order valence-electron chi connectivity index (χ2n) is 5.96. The Kier molecular flexibility index (Phi) is 3.58. The largest absolute Gasteiger partial charge is 0.396 e. The lowest BCUT2D eigenvalue weighted by atomic mass is 9.76. The smallest absolute Gasteiger partial charge is 0.0484 e. The van der Waals surface area contributed by atoms with Crippen molar-refractivity contribution in [2.75, 3.05) is 6.61 Å². The number of rotatable bonds is 3. The first-order valence-electron chi connectivity index (χ1n) is 5.58. The number of aliphatic hydroxyl groups excluding tert-OH is 1. The Bertz CT molecular complexity index is 154. The van der Waals surface area contributed by atoms with Gasteiger partial charge in [-0.1, -0.05) is 38.9 Å². The molecule has 1 aliphatic rings. The van der Waals surface area contributed by atoms with Crippen LogP contribution in [0.15, 0.2) is 0 Å². The summed E-state index contributed by atoms with van der Waals surface area (Å²) < 4.78 is 0. The first-order valence-corrected chi connectivity index (χ1v) is 9.29. The lowest BCUT2D eigenvalue weighted by molar-refractivity contribution is 0.0990. The molecule has 0 bridgehead atoms. The fourth-order valence-corrected chi connectivity index (χ4v) is 5.53. The van der Waals surface area contributed by atoms with Crippen molar-refractivity contribution in [2.24, 2.45) is 5.41 Å². The number of aliphatic hydroxyl groups is 1. The third-order valence-electron chi connectivity index (χ3n) is 3.15. The van der Waals surface area contributed by atoms with E-state index < -0.39 is 8.07 Å². The summed E-state index contributed by atoms with van der Waals surface area (Å²) in [6, 6.07) is 1.32. The molecule has 2 heteroatoms. The first kappa shape index (κ1) is 11.3. The van der Waals surface area contributed by atoms with Crippen molar-refractivity contribution in [1.82, 2.24) is 0 Å². The van der Waals surface area contributed by atoms with Gasteiger partial charge in [-0.25, -0.2) is 0 Å². The van der Waals surface area contributed by atoms with Gasteiger partial charge in [-0.05, 0) is 24.3 Å². The van der Waals surface area contributed by atoms with Gasteiger partial charge in [-0.2, -0.15) is 0 Å². The zero-order chi connectivity index (χ0) is 9.95. The highest BCUT2D eigenvalue weighted by molar-refractivity contribution is 6.76. The van der Waals surface area contributed by atoms with Gasteiger partial charge in [0.05, 0.1) is 0 Å². The Labute approximate surface area is 83.6 Å². The number of hydrogen-bond donors (Lipinski definition) is 1. The van der Waals surface area contributed by atoms with E-state index in [0.717, 1.165) is 0 Å². The van der Waals surface area contributed by atoms with Gasteiger partial charge in [-0.3, -0.25) is 0 Å². The van der Waals surface area contributed by atoms with Crippen LogP contribution in [0.2, 0.25) is 25.7 Å². The highest BCUT2D eigenvalue weighted by atomic mass is 28.3. The van der Waals surface area contributed by atoms with Gasteiger partial charge in [0.25, 0.3) is 0 Å². The van der Waals surface area contributed by atoms with E-state index >= 15 is 0 Å². The van der Waals surface area contributed by atoms with Crippen molar-refractivity contribution >= 4 is 8.07 Å². The van der Waals surface area contributed by atoms with Crippen LogP contribution in [0.3, 0.4) is 0 Å². The maximum Gasteiger partial charge on any atom is 0.0484 e. The van der Waals surface area contributed by atoms with Crippen LogP contribution in [-0.2, 0) is 0 Å². The lowest BCUT2D eigenvalue weighted by Crippen LogP contribution is -2.36. The fraction of sp³-hybridized carbons (Fsp3) is 1.00. The SMILES string of the molecule is C[Si](C)(C)CC1(CO)CCCCC1. The molecular weight excluding hydrogens is 176 g/mol. The highest BCUT2D eigenvalue weighted by Gasteiger charge is 2.35. The van der Waals surface area contributed by atoms with Crippen LogP contribution in [0.25, 0.3) is 0 Å². The van der Waals surface area contributed by atoms with Gasteiger partial charge in [-0.15, -0.1) is 0 Å². The van der Waals surface area contributed by atoms with E-state index in [9.17, 15) is 5.11 Å². The van der Waals surface area contributed by atoms with E-state index in [1.54, 1.807) is 0 Å². The molecule has 0 aromatic carbocycles. The normalized spacial score (nSPS) is 23.1. The maximum atomic E-state index is 9.53. The quantitative estimate of drug-likeness (QED) is 0.693. The Hall–Kier alpha value is 0.177. The molecule has 0 spiro atoms. The van der Waals surface area contributed by atoms with Gasteiger partial charge < -0.3 is 5.11 Å². The maximum absolute atomic E-state index is 9.53. The molecule has 0 unspecified atom stereocenters. The lowest BCUT2D eigenvalue weighted by Gasteiger charge is -2.39. The van der Waals surface area contributed by atoms with Crippen molar-refractivity contribution in [2.45, 2.75) is 57.8 Å². The van der Waals surface area contributed by atoms with E-state index in [-0.39, 0.29) is 0 Å². The average molecular weight is 200 g/mol. The molecule has 1 aliphatic carbocycles. The topological polar surface area (TPSA) is 20.2 Å². The Morgan fingerprint density at radius 2 is 1.62 bits per heavy atom. The second kappa shape index (κ2) is 4.14. The van der Waals surface area contributed by atoms with Crippen LogP contribution in [0.5, 0.6) is 0 Å². The summed E-state index contributed by atoms with van der Waals surface area (Å²) >= 11 is 0. The monoisotopic (exact) mass is 200 g/mol. The molecule has 0 heterocycles. The van der Waals surface area contributed by atoms with Crippen molar-refractivity contribution in [3.8, 4) is 0 Å². The van der Waals surface area contributed by atoms with Crippen LogP contribution in [0.4, 0.5) is 0 Å². The Morgan fingerprint density at radius 3 is 2.00 bits per heavy atom. The van der Waals surface area contributed by atoms with E-state index in [1.165, 1.54) is 38.1 Å². The summed E-state index contributed by atoms with van der Waals surface area (Å²) in [6.45, 7) is 7.67. The molecule has 0 aromatic rings. The molecule has 0 atom stereocenters. The van der Waals surface area contributed by atoms with Gasteiger partial charge in [0.15, 0.2) is 0 Å². The minimum absolute atomic E-state index is 0.322. The minimum Gasteiger partial charge on any atom is -0.396 e. The van der Waals surface area contributed by atoms with Crippen LogP contribution < -0.4 is 0 Å². The molecule has 1 saturated carbocycles. The van der Waals surface area contributed by atoms with Crippen LogP contribution >= 0.6 is 0 Å². The fourth-order valence-electron chi connectivity index (χ4n) is 2.82. The van der Waals surface area contributed by atoms with Crippen molar-refractivity contribution < 1.29 is 5.11 Å². The molecule has 0 radical (unpaired) electrons. The molecule has 1 rings (SSSR count). The molecule has 1 N–H and O–H groups in total. The summed E-state index contributed by atoms with van der Waals surface area (Å²) in [4.78, 5) is 0. The summed E-state index contributed by atoms with van der Waals surface area (Å²) in [5.74, 6) is 0. The second-order valence-corrected chi connectivity index (χ2v) is 11.4.